The second-order valence-corrected chi connectivity index (χ2v) is 2.45. The summed E-state index contributed by atoms with van der Waals surface area (Å²) >= 11 is 5.50. The first kappa shape index (κ1) is 8.14. The summed E-state index contributed by atoms with van der Waals surface area (Å²) < 4.78 is 17.5. The SMILES string of the molecule is COc1c(N)cc(Cl)cc1F. The third kappa shape index (κ3) is 1.54. The summed E-state index contributed by atoms with van der Waals surface area (Å²) in [6.45, 7) is 0. The van der Waals surface area contributed by atoms with Crippen LogP contribution >= 0.6 is 11.6 Å². The van der Waals surface area contributed by atoms with Gasteiger partial charge < -0.3 is 10.5 Å². The van der Waals surface area contributed by atoms with Gasteiger partial charge in [0.2, 0.25) is 0 Å². The molecule has 60 valence electrons. The van der Waals surface area contributed by atoms with Gasteiger partial charge in [0, 0.05) is 5.02 Å². The van der Waals surface area contributed by atoms with Crippen LogP contribution in [-0.4, -0.2) is 7.11 Å². The van der Waals surface area contributed by atoms with E-state index in [4.69, 9.17) is 17.3 Å². The summed E-state index contributed by atoms with van der Waals surface area (Å²) in [4.78, 5) is 0. The molecule has 0 aliphatic rings. The molecule has 11 heavy (non-hydrogen) atoms. The number of nitrogen functional groups attached to an aromatic ring is 1. The zero-order valence-electron chi connectivity index (χ0n) is 5.90. The predicted octanol–water partition coefficient (Wildman–Crippen LogP) is 2.07. The Kier molecular flexibility index (Phi) is 2.19. The van der Waals surface area contributed by atoms with Crippen molar-refractivity contribution in [2.45, 2.75) is 0 Å². The summed E-state index contributed by atoms with van der Waals surface area (Å²) in [5, 5.41) is 0.265. The van der Waals surface area contributed by atoms with Crippen LogP contribution in [0, 0.1) is 5.82 Å². The van der Waals surface area contributed by atoms with Crippen LogP contribution in [0.2, 0.25) is 5.02 Å². The van der Waals surface area contributed by atoms with Gasteiger partial charge in [0.1, 0.15) is 0 Å². The number of rotatable bonds is 1. The molecule has 0 heterocycles. The van der Waals surface area contributed by atoms with Gasteiger partial charge in [-0.05, 0) is 12.1 Å². The summed E-state index contributed by atoms with van der Waals surface area (Å²) in [6, 6.07) is 2.58. The van der Waals surface area contributed by atoms with Gasteiger partial charge in [0.05, 0.1) is 12.8 Å². The van der Waals surface area contributed by atoms with Gasteiger partial charge in [0.15, 0.2) is 11.6 Å². The van der Waals surface area contributed by atoms with Gasteiger partial charge in [0.25, 0.3) is 0 Å². The molecule has 0 aromatic heterocycles. The molecule has 1 aromatic carbocycles. The van der Waals surface area contributed by atoms with Gasteiger partial charge in [-0.2, -0.15) is 0 Å². The maximum atomic E-state index is 12.8. The maximum Gasteiger partial charge on any atom is 0.177 e. The van der Waals surface area contributed by atoms with Crippen LogP contribution in [0.25, 0.3) is 0 Å². The van der Waals surface area contributed by atoms with Gasteiger partial charge in [-0.15, -0.1) is 0 Å². The van der Waals surface area contributed by atoms with Gasteiger partial charge >= 0.3 is 0 Å². The largest absolute Gasteiger partial charge is 0.492 e. The molecule has 0 aliphatic carbocycles. The Bertz CT molecular complexity index is 254. The van der Waals surface area contributed by atoms with Crippen LogP contribution in [0.15, 0.2) is 12.1 Å². The molecule has 4 heteroatoms. The minimum atomic E-state index is -0.544. The van der Waals surface area contributed by atoms with E-state index in [1.54, 1.807) is 0 Å². The monoisotopic (exact) mass is 175 g/mol. The summed E-state index contributed by atoms with van der Waals surface area (Å²) in [5.74, 6) is -0.507. The molecule has 1 rings (SSSR count). The van der Waals surface area contributed by atoms with Crippen LogP contribution < -0.4 is 10.5 Å². The highest BCUT2D eigenvalue weighted by Crippen LogP contribution is 2.28. The van der Waals surface area contributed by atoms with Crippen molar-refractivity contribution in [2.24, 2.45) is 0 Å². The first-order valence-electron chi connectivity index (χ1n) is 2.93. The van der Waals surface area contributed by atoms with Crippen LogP contribution in [0.1, 0.15) is 0 Å². The number of nitrogens with two attached hydrogens (primary N) is 1. The van der Waals surface area contributed by atoms with E-state index in [1.165, 1.54) is 13.2 Å². The van der Waals surface area contributed by atoms with Crippen LogP contribution in [0.3, 0.4) is 0 Å². The number of methoxy groups -OCH3 is 1. The second-order valence-electron chi connectivity index (χ2n) is 2.01. The third-order valence-electron chi connectivity index (χ3n) is 1.24. The molecule has 0 saturated carbocycles. The number of halogens is 2. The lowest BCUT2D eigenvalue weighted by molar-refractivity contribution is 0.389. The standard InChI is InChI=1S/C7H7ClFNO/c1-11-7-5(9)2-4(8)3-6(7)10/h2-3H,10H2,1H3. The molecule has 0 fully saturated rings. The van der Waals surface area contributed by atoms with E-state index >= 15 is 0 Å². The molecule has 0 unspecified atom stereocenters. The predicted molar refractivity (Wildman–Crippen MR) is 42.4 cm³/mol. The fourth-order valence-corrected chi connectivity index (χ4v) is 1.01. The third-order valence-corrected chi connectivity index (χ3v) is 1.46. The lowest BCUT2D eigenvalue weighted by atomic mass is 10.3. The Balaban J connectivity index is 3.25. The van der Waals surface area contributed by atoms with Crippen molar-refractivity contribution in [3.63, 3.8) is 0 Å². The summed E-state index contributed by atoms with van der Waals surface area (Å²) in [7, 11) is 1.35. The van der Waals surface area contributed by atoms with Crippen molar-refractivity contribution in [3.8, 4) is 5.75 Å². The van der Waals surface area contributed by atoms with Crippen molar-refractivity contribution in [1.29, 1.82) is 0 Å². The molecule has 0 spiro atoms. The molecule has 2 N–H and O–H groups in total. The molecule has 0 atom stereocenters. The molecule has 0 radical (unpaired) electrons. The van der Waals surface area contributed by atoms with E-state index in [2.05, 4.69) is 4.74 Å². The van der Waals surface area contributed by atoms with E-state index in [0.717, 1.165) is 6.07 Å². The van der Waals surface area contributed by atoms with Gasteiger partial charge in [-0.3, -0.25) is 0 Å². The molecule has 0 saturated heterocycles. The van der Waals surface area contributed by atoms with Crippen LogP contribution in [0.5, 0.6) is 5.75 Å². The van der Waals surface area contributed by atoms with E-state index in [0.29, 0.717) is 0 Å². The Morgan fingerprint density at radius 3 is 2.64 bits per heavy atom. The smallest absolute Gasteiger partial charge is 0.177 e. The zero-order chi connectivity index (χ0) is 8.43. The molecule has 0 aliphatic heterocycles. The highest BCUT2D eigenvalue weighted by molar-refractivity contribution is 6.30. The topological polar surface area (TPSA) is 35.2 Å². The van der Waals surface area contributed by atoms with E-state index in [1.807, 2.05) is 0 Å². The van der Waals surface area contributed by atoms with Crippen molar-refractivity contribution >= 4 is 17.3 Å². The van der Waals surface area contributed by atoms with Gasteiger partial charge in [-0.1, -0.05) is 11.6 Å². The highest BCUT2D eigenvalue weighted by atomic mass is 35.5. The summed E-state index contributed by atoms with van der Waals surface area (Å²) in [5.41, 5.74) is 5.59. The lowest BCUT2D eigenvalue weighted by Crippen LogP contribution is -1.95. The fraction of sp³-hybridized carbons (Fsp3) is 0.143. The molecule has 2 nitrogen and oxygen atoms in total. The molecule has 1 aromatic rings. The lowest BCUT2D eigenvalue weighted by Gasteiger charge is -2.04. The Labute approximate surface area is 68.7 Å². The highest BCUT2D eigenvalue weighted by Gasteiger charge is 2.07. The molecule has 0 amide bonds. The summed E-state index contributed by atoms with van der Waals surface area (Å²) in [6.07, 6.45) is 0. The first-order chi connectivity index (χ1) is 5.15. The van der Waals surface area contributed by atoms with E-state index < -0.39 is 5.82 Å². The average molecular weight is 176 g/mol. The van der Waals surface area contributed by atoms with Crippen molar-refractivity contribution in [1.82, 2.24) is 0 Å². The molecular formula is C7H7ClFNO. The minimum Gasteiger partial charge on any atom is -0.492 e. The molecular weight excluding hydrogens is 169 g/mol. The maximum absolute atomic E-state index is 12.8. The number of benzene rings is 1. The number of anilines is 1. The second kappa shape index (κ2) is 2.96. The van der Waals surface area contributed by atoms with Crippen molar-refractivity contribution < 1.29 is 9.13 Å². The Morgan fingerprint density at radius 2 is 2.18 bits per heavy atom. The number of hydrogen-bond donors (Lipinski definition) is 1. The van der Waals surface area contributed by atoms with Crippen molar-refractivity contribution in [3.05, 3.63) is 23.0 Å². The van der Waals surface area contributed by atoms with Crippen molar-refractivity contribution in [2.75, 3.05) is 12.8 Å². The number of ether oxygens (including phenoxy) is 1. The fourth-order valence-electron chi connectivity index (χ4n) is 0.796. The quantitative estimate of drug-likeness (QED) is 0.664. The van der Waals surface area contributed by atoms with Gasteiger partial charge in [-0.25, -0.2) is 4.39 Å². The Morgan fingerprint density at radius 1 is 1.55 bits per heavy atom. The van der Waals surface area contributed by atoms with E-state index in [-0.39, 0.29) is 16.5 Å². The van der Waals surface area contributed by atoms with E-state index in [9.17, 15) is 4.39 Å². The first-order valence-corrected chi connectivity index (χ1v) is 3.31. The average Bonchev–Trinajstić information content (AvgIpc) is 1.85. The normalized spacial score (nSPS) is 9.73. The zero-order valence-corrected chi connectivity index (χ0v) is 6.65. The van der Waals surface area contributed by atoms with Crippen LogP contribution in [-0.2, 0) is 0 Å². The minimum absolute atomic E-state index is 0.0365. The molecule has 0 bridgehead atoms. The Hall–Kier alpha value is -0.960. The number of hydrogen-bond acceptors (Lipinski definition) is 2. The van der Waals surface area contributed by atoms with Crippen LogP contribution in [0.4, 0.5) is 10.1 Å².